The molecule has 18 heavy (non-hydrogen) atoms. The molecular formula is C15H21N3. The van der Waals surface area contributed by atoms with Crippen molar-refractivity contribution in [1.82, 2.24) is 9.97 Å². The van der Waals surface area contributed by atoms with Crippen molar-refractivity contribution in [2.45, 2.75) is 34.1 Å². The summed E-state index contributed by atoms with van der Waals surface area (Å²) in [5.74, 6) is 0.950. The van der Waals surface area contributed by atoms with Crippen LogP contribution >= 0.6 is 0 Å². The quantitative estimate of drug-likeness (QED) is 0.871. The Morgan fingerprint density at radius 3 is 2.39 bits per heavy atom. The number of hydrogen-bond acceptors (Lipinski definition) is 2. The third kappa shape index (κ3) is 2.31. The van der Waals surface area contributed by atoms with Crippen LogP contribution in [0, 0.1) is 27.7 Å². The Morgan fingerprint density at radius 1 is 1.06 bits per heavy atom. The molecule has 0 unspecified atom stereocenters. The highest BCUT2D eigenvalue weighted by Gasteiger charge is 2.13. The molecular weight excluding hydrogens is 222 g/mol. The normalized spacial score (nSPS) is 10.9. The molecule has 0 amide bonds. The Hall–Kier alpha value is -1.61. The molecule has 1 heterocycles. The number of nitrogens with one attached hydrogen (secondary N) is 1. The van der Waals surface area contributed by atoms with E-state index in [0.29, 0.717) is 6.54 Å². The van der Waals surface area contributed by atoms with Crippen LogP contribution in [0.1, 0.15) is 28.2 Å². The van der Waals surface area contributed by atoms with Gasteiger partial charge in [-0.2, -0.15) is 0 Å². The van der Waals surface area contributed by atoms with Gasteiger partial charge in [-0.3, -0.25) is 0 Å². The molecule has 0 aliphatic carbocycles. The van der Waals surface area contributed by atoms with E-state index in [1.54, 1.807) is 0 Å². The summed E-state index contributed by atoms with van der Waals surface area (Å²) < 4.78 is 0. The first-order valence-electron chi connectivity index (χ1n) is 6.36. The SMILES string of the molecule is Cc1nc(-c2cc(C)c(C)cc2C)c(CCN)[nH]1. The van der Waals surface area contributed by atoms with E-state index in [-0.39, 0.29) is 0 Å². The number of hydrogen-bond donors (Lipinski definition) is 2. The predicted octanol–water partition coefficient (Wildman–Crippen LogP) is 2.81. The summed E-state index contributed by atoms with van der Waals surface area (Å²) in [6, 6.07) is 4.45. The lowest BCUT2D eigenvalue weighted by atomic mass is 9.97. The van der Waals surface area contributed by atoms with E-state index >= 15 is 0 Å². The molecule has 0 saturated heterocycles. The molecule has 0 atom stereocenters. The largest absolute Gasteiger partial charge is 0.346 e. The zero-order valence-corrected chi connectivity index (χ0v) is 11.6. The Labute approximate surface area is 108 Å². The maximum absolute atomic E-state index is 5.66. The van der Waals surface area contributed by atoms with E-state index in [1.165, 1.54) is 22.3 Å². The van der Waals surface area contributed by atoms with Crippen LogP contribution in [0.15, 0.2) is 12.1 Å². The standard InChI is InChI=1S/C15H21N3/c1-9-7-11(3)13(8-10(9)2)15-14(5-6-16)17-12(4)18-15/h7-8H,5-6,16H2,1-4H3,(H,17,18). The van der Waals surface area contributed by atoms with Gasteiger partial charge in [-0.15, -0.1) is 0 Å². The van der Waals surface area contributed by atoms with Gasteiger partial charge in [0.05, 0.1) is 5.69 Å². The minimum atomic E-state index is 0.637. The summed E-state index contributed by atoms with van der Waals surface area (Å²) in [4.78, 5) is 7.93. The second-order valence-electron chi connectivity index (χ2n) is 4.94. The third-order valence-corrected chi connectivity index (χ3v) is 3.39. The van der Waals surface area contributed by atoms with Crippen LogP contribution in [0.25, 0.3) is 11.3 Å². The molecule has 0 aliphatic rings. The van der Waals surface area contributed by atoms with Crippen LogP contribution in [0.2, 0.25) is 0 Å². The molecule has 2 rings (SSSR count). The van der Waals surface area contributed by atoms with Gasteiger partial charge in [0.1, 0.15) is 5.82 Å². The summed E-state index contributed by atoms with van der Waals surface area (Å²) in [5, 5.41) is 0. The van der Waals surface area contributed by atoms with Gasteiger partial charge in [-0.1, -0.05) is 6.07 Å². The number of benzene rings is 1. The van der Waals surface area contributed by atoms with Gasteiger partial charge in [-0.05, 0) is 57.0 Å². The van der Waals surface area contributed by atoms with E-state index in [1.807, 2.05) is 6.92 Å². The molecule has 1 aromatic heterocycles. The van der Waals surface area contributed by atoms with Crippen LogP contribution < -0.4 is 5.73 Å². The van der Waals surface area contributed by atoms with Crippen LogP contribution in [-0.4, -0.2) is 16.5 Å². The molecule has 0 radical (unpaired) electrons. The van der Waals surface area contributed by atoms with Crippen LogP contribution in [0.4, 0.5) is 0 Å². The molecule has 3 nitrogen and oxygen atoms in total. The van der Waals surface area contributed by atoms with Crippen molar-refractivity contribution < 1.29 is 0 Å². The molecule has 1 aromatic carbocycles. The minimum absolute atomic E-state index is 0.637. The van der Waals surface area contributed by atoms with E-state index in [4.69, 9.17) is 5.73 Å². The molecule has 3 heteroatoms. The van der Waals surface area contributed by atoms with Crippen molar-refractivity contribution >= 4 is 0 Å². The fourth-order valence-electron chi connectivity index (χ4n) is 2.30. The summed E-state index contributed by atoms with van der Waals surface area (Å²) in [5.41, 5.74) is 13.0. The van der Waals surface area contributed by atoms with Gasteiger partial charge < -0.3 is 10.7 Å². The Balaban J connectivity index is 2.57. The zero-order chi connectivity index (χ0) is 13.3. The van der Waals surface area contributed by atoms with Gasteiger partial charge in [0.2, 0.25) is 0 Å². The van der Waals surface area contributed by atoms with E-state index in [2.05, 4.69) is 42.9 Å². The highest BCUT2D eigenvalue weighted by atomic mass is 14.9. The number of nitrogens with two attached hydrogens (primary N) is 1. The number of imidazole rings is 1. The maximum Gasteiger partial charge on any atom is 0.103 e. The number of aromatic amines is 1. The summed E-state index contributed by atoms with van der Waals surface area (Å²) in [6.45, 7) is 9.04. The fourth-order valence-corrected chi connectivity index (χ4v) is 2.30. The fraction of sp³-hybridized carbons (Fsp3) is 0.400. The van der Waals surface area contributed by atoms with Crippen LogP contribution in [0.5, 0.6) is 0 Å². The van der Waals surface area contributed by atoms with Crippen LogP contribution in [0.3, 0.4) is 0 Å². The molecule has 0 bridgehead atoms. The minimum Gasteiger partial charge on any atom is -0.346 e. The summed E-state index contributed by atoms with van der Waals surface area (Å²) in [6.07, 6.45) is 0.836. The third-order valence-electron chi connectivity index (χ3n) is 3.39. The van der Waals surface area contributed by atoms with Crippen LogP contribution in [-0.2, 0) is 6.42 Å². The first-order chi connectivity index (χ1) is 8.52. The topological polar surface area (TPSA) is 54.7 Å². The van der Waals surface area contributed by atoms with Gasteiger partial charge >= 0.3 is 0 Å². The van der Waals surface area contributed by atoms with Gasteiger partial charge in [-0.25, -0.2) is 4.98 Å². The number of nitrogens with zero attached hydrogens (tertiary/aromatic N) is 1. The first-order valence-corrected chi connectivity index (χ1v) is 6.36. The Morgan fingerprint density at radius 2 is 1.72 bits per heavy atom. The van der Waals surface area contributed by atoms with Crippen molar-refractivity contribution in [3.8, 4) is 11.3 Å². The van der Waals surface area contributed by atoms with Gasteiger partial charge in [0, 0.05) is 17.7 Å². The van der Waals surface area contributed by atoms with Crippen molar-refractivity contribution in [1.29, 1.82) is 0 Å². The highest BCUT2D eigenvalue weighted by Crippen LogP contribution is 2.28. The molecule has 0 saturated carbocycles. The number of rotatable bonds is 3. The lowest BCUT2D eigenvalue weighted by molar-refractivity contribution is 0.930. The molecule has 0 aliphatic heterocycles. The average molecular weight is 243 g/mol. The molecule has 0 spiro atoms. The van der Waals surface area contributed by atoms with E-state index < -0.39 is 0 Å². The second kappa shape index (κ2) is 4.94. The highest BCUT2D eigenvalue weighted by molar-refractivity contribution is 5.67. The Bertz CT molecular complexity index is 567. The predicted molar refractivity (Wildman–Crippen MR) is 75.7 cm³/mol. The van der Waals surface area contributed by atoms with Crippen molar-refractivity contribution in [3.63, 3.8) is 0 Å². The lowest BCUT2D eigenvalue weighted by Crippen LogP contribution is -2.04. The van der Waals surface area contributed by atoms with Crippen molar-refractivity contribution in [2.75, 3.05) is 6.54 Å². The monoisotopic (exact) mass is 243 g/mol. The zero-order valence-electron chi connectivity index (χ0n) is 11.6. The molecule has 3 N–H and O–H groups in total. The van der Waals surface area contributed by atoms with E-state index in [9.17, 15) is 0 Å². The Kier molecular flexibility index (Phi) is 3.53. The summed E-state index contributed by atoms with van der Waals surface area (Å²) in [7, 11) is 0. The molecule has 2 aromatic rings. The van der Waals surface area contributed by atoms with Crippen molar-refractivity contribution in [3.05, 3.63) is 40.3 Å². The molecule has 0 fully saturated rings. The average Bonchev–Trinajstić information content (AvgIpc) is 2.65. The first kappa shape index (κ1) is 12.8. The number of H-pyrrole nitrogens is 1. The smallest absolute Gasteiger partial charge is 0.103 e. The maximum atomic E-state index is 5.66. The van der Waals surface area contributed by atoms with Gasteiger partial charge in [0.15, 0.2) is 0 Å². The number of aryl methyl sites for hydroxylation is 4. The molecule has 96 valence electrons. The van der Waals surface area contributed by atoms with Gasteiger partial charge in [0.25, 0.3) is 0 Å². The number of aromatic nitrogens is 2. The van der Waals surface area contributed by atoms with E-state index in [0.717, 1.165) is 23.6 Å². The van der Waals surface area contributed by atoms with Crippen molar-refractivity contribution in [2.24, 2.45) is 5.73 Å². The summed E-state index contributed by atoms with van der Waals surface area (Å²) >= 11 is 0. The second-order valence-corrected chi connectivity index (χ2v) is 4.94. The lowest BCUT2D eigenvalue weighted by Gasteiger charge is -2.09.